The van der Waals surface area contributed by atoms with E-state index in [1.54, 1.807) is 23.4 Å². The van der Waals surface area contributed by atoms with Gasteiger partial charge < -0.3 is 15.2 Å². The number of rotatable bonds is 7. The number of H-pyrrole nitrogens is 1. The molecule has 0 aliphatic rings. The van der Waals surface area contributed by atoms with Crippen LogP contribution in [0.5, 0.6) is 0 Å². The molecule has 0 unspecified atom stereocenters. The van der Waals surface area contributed by atoms with Gasteiger partial charge in [0.1, 0.15) is 5.82 Å². The van der Waals surface area contributed by atoms with E-state index in [1.807, 2.05) is 36.5 Å². The summed E-state index contributed by atoms with van der Waals surface area (Å²) in [5.74, 6) is -0.267. The molecule has 0 saturated carbocycles. The Morgan fingerprint density at radius 3 is 2.77 bits per heavy atom. The van der Waals surface area contributed by atoms with Crippen LogP contribution in [-0.4, -0.2) is 27.4 Å². The molecule has 2 amide bonds. The smallest absolute Gasteiger partial charge is 0.318 e. The normalized spacial score (nSPS) is 10.9. The monoisotopic (exact) mass is 416 g/mol. The maximum atomic E-state index is 13.4. The van der Waals surface area contributed by atoms with E-state index < -0.39 is 0 Å². The third-order valence-corrected chi connectivity index (χ3v) is 5.41. The predicted octanol–water partition coefficient (Wildman–Crippen LogP) is 4.96. The second kappa shape index (κ2) is 9.43. The lowest BCUT2D eigenvalue weighted by molar-refractivity contribution is 0.192. The van der Waals surface area contributed by atoms with Crippen molar-refractivity contribution in [1.82, 2.24) is 20.2 Å². The second-order valence-corrected chi connectivity index (χ2v) is 7.63. The van der Waals surface area contributed by atoms with Crippen LogP contribution in [-0.2, 0) is 19.5 Å². The minimum absolute atomic E-state index is 0.127. The first-order valence-electron chi connectivity index (χ1n) is 10.3. The standard InChI is InChI=1S/C25H25FN4O/c1-18-5-2-3-7-21(18)17-30(16-19-6-4-11-27-14-19)25(31)28-12-10-20-15-29-24-13-22(26)8-9-23(20)24/h2-9,11,13-15,29H,10,12,16-17H2,1H3,(H,28,31). The molecule has 5 nitrogen and oxygen atoms in total. The number of halogens is 1. The van der Waals surface area contributed by atoms with Gasteiger partial charge in [-0.3, -0.25) is 4.98 Å². The number of nitrogens with one attached hydrogen (secondary N) is 2. The van der Waals surface area contributed by atoms with Crippen LogP contribution >= 0.6 is 0 Å². The maximum absolute atomic E-state index is 13.4. The first-order chi connectivity index (χ1) is 15.1. The average molecular weight is 417 g/mol. The number of amides is 2. The molecule has 0 fully saturated rings. The molecule has 0 aliphatic carbocycles. The van der Waals surface area contributed by atoms with Crippen LogP contribution in [0, 0.1) is 12.7 Å². The average Bonchev–Trinajstić information content (AvgIpc) is 3.17. The zero-order valence-electron chi connectivity index (χ0n) is 17.4. The van der Waals surface area contributed by atoms with Gasteiger partial charge in [-0.25, -0.2) is 9.18 Å². The number of urea groups is 1. The highest BCUT2D eigenvalue weighted by Crippen LogP contribution is 2.19. The number of benzene rings is 2. The van der Waals surface area contributed by atoms with E-state index in [0.717, 1.165) is 33.2 Å². The van der Waals surface area contributed by atoms with Gasteiger partial charge in [0.2, 0.25) is 0 Å². The maximum Gasteiger partial charge on any atom is 0.318 e. The molecule has 2 aromatic carbocycles. The minimum atomic E-state index is -0.267. The molecule has 4 aromatic rings. The molecule has 2 heterocycles. The van der Waals surface area contributed by atoms with Gasteiger partial charge in [0.05, 0.1) is 0 Å². The van der Waals surface area contributed by atoms with E-state index in [1.165, 1.54) is 12.1 Å². The summed E-state index contributed by atoms with van der Waals surface area (Å²) in [6, 6.07) is 16.5. The lowest BCUT2D eigenvalue weighted by Gasteiger charge is -2.24. The third kappa shape index (κ3) is 5.09. The Morgan fingerprint density at radius 2 is 1.97 bits per heavy atom. The summed E-state index contributed by atoms with van der Waals surface area (Å²) in [7, 11) is 0. The second-order valence-electron chi connectivity index (χ2n) is 7.63. The van der Waals surface area contributed by atoms with E-state index in [0.29, 0.717) is 26.1 Å². The molecule has 4 rings (SSSR count). The van der Waals surface area contributed by atoms with Gasteiger partial charge in [0.25, 0.3) is 0 Å². The largest absolute Gasteiger partial charge is 0.361 e. The van der Waals surface area contributed by atoms with Crippen LogP contribution in [0.15, 0.2) is 73.2 Å². The van der Waals surface area contributed by atoms with Crippen molar-refractivity contribution in [2.45, 2.75) is 26.4 Å². The molecule has 0 spiro atoms. The van der Waals surface area contributed by atoms with Crippen molar-refractivity contribution in [2.24, 2.45) is 0 Å². The molecular weight excluding hydrogens is 391 g/mol. The number of fused-ring (bicyclic) bond motifs is 1. The number of hydrogen-bond donors (Lipinski definition) is 2. The Labute approximate surface area is 180 Å². The molecule has 0 aliphatic heterocycles. The Hall–Kier alpha value is -3.67. The van der Waals surface area contributed by atoms with E-state index in [2.05, 4.69) is 28.3 Å². The SMILES string of the molecule is Cc1ccccc1CN(Cc1cccnc1)C(=O)NCCc1c[nH]c2cc(F)ccc12. The van der Waals surface area contributed by atoms with Crippen LogP contribution in [0.4, 0.5) is 9.18 Å². The number of carbonyl (C=O) groups excluding carboxylic acids is 1. The molecular formula is C25H25FN4O. The molecule has 0 atom stereocenters. The highest BCUT2D eigenvalue weighted by atomic mass is 19.1. The quantitative estimate of drug-likeness (QED) is 0.447. The van der Waals surface area contributed by atoms with E-state index in [4.69, 9.17) is 0 Å². The van der Waals surface area contributed by atoms with Gasteiger partial charge >= 0.3 is 6.03 Å². The molecule has 0 radical (unpaired) electrons. The third-order valence-electron chi connectivity index (χ3n) is 5.41. The fourth-order valence-electron chi connectivity index (χ4n) is 3.69. The number of nitrogens with zero attached hydrogens (tertiary/aromatic N) is 2. The first kappa shape index (κ1) is 20.6. The number of aromatic amines is 1. The van der Waals surface area contributed by atoms with E-state index in [9.17, 15) is 9.18 Å². The molecule has 6 heteroatoms. The van der Waals surface area contributed by atoms with Crippen molar-refractivity contribution in [1.29, 1.82) is 0 Å². The van der Waals surface area contributed by atoms with E-state index >= 15 is 0 Å². The first-order valence-corrected chi connectivity index (χ1v) is 10.3. The van der Waals surface area contributed by atoms with Crippen LogP contribution in [0.2, 0.25) is 0 Å². The lowest BCUT2D eigenvalue weighted by Crippen LogP contribution is -2.40. The molecule has 2 aromatic heterocycles. The Bertz CT molecular complexity index is 1170. The highest BCUT2D eigenvalue weighted by Gasteiger charge is 2.16. The van der Waals surface area contributed by atoms with Gasteiger partial charge in [-0.2, -0.15) is 0 Å². The fraction of sp³-hybridized carbons (Fsp3) is 0.200. The molecule has 0 bridgehead atoms. The Balaban J connectivity index is 1.44. The van der Waals surface area contributed by atoms with Crippen molar-refractivity contribution in [2.75, 3.05) is 6.54 Å². The van der Waals surface area contributed by atoms with Gasteiger partial charge in [0.15, 0.2) is 0 Å². The molecule has 158 valence electrons. The Kier molecular flexibility index (Phi) is 6.26. The summed E-state index contributed by atoms with van der Waals surface area (Å²) < 4.78 is 13.4. The number of aromatic nitrogens is 2. The Morgan fingerprint density at radius 1 is 1.10 bits per heavy atom. The fourth-order valence-corrected chi connectivity index (χ4v) is 3.69. The lowest BCUT2D eigenvalue weighted by atomic mass is 10.1. The topological polar surface area (TPSA) is 61.0 Å². The molecule has 0 saturated heterocycles. The van der Waals surface area contributed by atoms with Crippen molar-refractivity contribution in [3.63, 3.8) is 0 Å². The van der Waals surface area contributed by atoms with Gasteiger partial charge in [-0.05, 0) is 59.9 Å². The summed E-state index contributed by atoms with van der Waals surface area (Å²) in [6.07, 6.45) is 6.03. The summed E-state index contributed by atoms with van der Waals surface area (Å²) >= 11 is 0. The minimum Gasteiger partial charge on any atom is -0.361 e. The van der Waals surface area contributed by atoms with E-state index in [-0.39, 0.29) is 11.8 Å². The zero-order valence-corrected chi connectivity index (χ0v) is 17.4. The van der Waals surface area contributed by atoms with Gasteiger partial charge in [-0.1, -0.05) is 30.3 Å². The summed E-state index contributed by atoms with van der Waals surface area (Å²) in [5, 5.41) is 4.01. The molecule has 31 heavy (non-hydrogen) atoms. The van der Waals surface area contributed by atoms with Crippen LogP contribution in [0.25, 0.3) is 10.9 Å². The number of pyridine rings is 1. The number of carbonyl (C=O) groups is 1. The van der Waals surface area contributed by atoms with Crippen molar-refractivity contribution in [3.8, 4) is 0 Å². The van der Waals surface area contributed by atoms with Gasteiger partial charge in [-0.15, -0.1) is 0 Å². The summed E-state index contributed by atoms with van der Waals surface area (Å²) in [6.45, 7) is 3.52. The summed E-state index contributed by atoms with van der Waals surface area (Å²) in [4.78, 5) is 22.1. The number of hydrogen-bond acceptors (Lipinski definition) is 2. The van der Waals surface area contributed by atoms with Crippen LogP contribution in [0.3, 0.4) is 0 Å². The predicted molar refractivity (Wildman–Crippen MR) is 120 cm³/mol. The highest BCUT2D eigenvalue weighted by molar-refractivity contribution is 5.83. The zero-order chi connectivity index (χ0) is 21.6. The van der Waals surface area contributed by atoms with Gasteiger partial charge in [0, 0.05) is 49.1 Å². The van der Waals surface area contributed by atoms with Crippen LogP contribution in [0.1, 0.15) is 22.3 Å². The van der Waals surface area contributed by atoms with Crippen LogP contribution < -0.4 is 5.32 Å². The summed E-state index contributed by atoms with van der Waals surface area (Å²) in [5.41, 5.74) is 5.05. The molecule has 2 N–H and O–H groups in total. The van der Waals surface area contributed by atoms with Crippen molar-refractivity contribution < 1.29 is 9.18 Å². The van der Waals surface area contributed by atoms with Crippen molar-refractivity contribution >= 4 is 16.9 Å². The van der Waals surface area contributed by atoms with Crippen molar-refractivity contribution in [3.05, 3.63) is 101 Å². The number of aryl methyl sites for hydroxylation is 1.